The lowest BCUT2D eigenvalue weighted by atomic mass is 10.1. The molecule has 0 radical (unpaired) electrons. The van der Waals surface area contributed by atoms with E-state index in [0.717, 1.165) is 4.90 Å². The first-order valence-corrected chi connectivity index (χ1v) is 8.35. The molecule has 1 atom stereocenters. The quantitative estimate of drug-likeness (QED) is 0.708. The minimum Gasteiger partial charge on any atom is -0.493 e. The lowest BCUT2D eigenvalue weighted by Crippen LogP contribution is -2.42. The predicted molar refractivity (Wildman–Crippen MR) is 91.6 cm³/mol. The number of nitrogens with one attached hydrogen (secondary N) is 1. The molecule has 1 aliphatic heterocycles. The summed E-state index contributed by atoms with van der Waals surface area (Å²) in [5.74, 6) is -0.135. The number of halogens is 1. The first-order valence-electron chi connectivity index (χ1n) is 7.56. The number of methoxy groups -OCH3 is 2. The fraction of sp³-hybridized carbons (Fsp3) is 0.438. The summed E-state index contributed by atoms with van der Waals surface area (Å²) in [5, 5.41) is 2.52. The highest BCUT2D eigenvalue weighted by Gasteiger charge is 2.31. The Bertz CT molecular complexity index is 693. The molecule has 0 saturated carbocycles. The number of hydrogen-bond acceptors (Lipinski definition) is 6. The van der Waals surface area contributed by atoms with Crippen molar-refractivity contribution in [3.05, 3.63) is 22.2 Å². The van der Waals surface area contributed by atoms with Gasteiger partial charge >= 0.3 is 12.0 Å². The third-order valence-corrected chi connectivity index (χ3v) is 4.40. The van der Waals surface area contributed by atoms with Crippen LogP contribution >= 0.6 is 15.9 Å². The number of hydrogen-bond donors (Lipinski definition) is 1. The van der Waals surface area contributed by atoms with Crippen LogP contribution in [0.2, 0.25) is 0 Å². The summed E-state index contributed by atoms with van der Waals surface area (Å²) < 4.78 is 16.2. The fourth-order valence-electron chi connectivity index (χ4n) is 2.38. The van der Waals surface area contributed by atoms with Gasteiger partial charge in [-0.25, -0.2) is 4.79 Å². The van der Waals surface area contributed by atoms with Crippen LogP contribution < -0.4 is 14.8 Å². The maximum atomic E-state index is 12.1. The number of carbonyl (C=O) groups is 3. The van der Waals surface area contributed by atoms with Crippen molar-refractivity contribution in [2.24, 2.45) is 0 Å². The van der Waals surface area contributed by atoms with Crippen LogP contribution in [0.3, 0.4) is 0 Å². The van der Waals surface area contributed by atoms with Crippen LogP contribution in [0.25, 0.3) is 0 Å². The summed E-state index contributed by atoms with van der Waals surface area (Å²) in [6.45, 7) is 2.10. The molecule has 1 aromatic carbocycles. The number of rotatable bonds is 6. The molecule has 0 unspecified atom stereocenters. The predicted octanol–water partition coefficient (Wildman–Crippen LogP) is 1.49. The average molecular weight is 415 g/mol. The summed E-state index contributed by atoms with van der Waals surface area (Å²) in [4.78, 5) is 36.8. The van der Waals surface area contributed by atoms with Crippen LogP contribution in [0.4, 0.5) is 4.79 Å². The molecule has 1 saturated heterocycles. The van der Waals surface area contributed by atoms with Gasteiger partial charge in [-0.1, -0.05) is 15.9 Å². The molecular formula is C16H19BrN2O6. The summed E-state index contributed by atoms with van der Waals surface area (Å²) in [5.41, 5.74) is 0.626. The molecule has 8 nitrogen and oxygen atoms in total. The first-order chi connectivity index (χ1) is 11.9. The van der Waals surface area contributed by atoms with Crippen molar-refractivity contribution >= 4 is 33.8 Å². The lowest BCUT2D eigenvalue weighted by Gasteiger charge is -2.18. The monoisotopic (exact) mass is 414 g/mol. The van der Waals surface area contributed by atoms with Gasteiger partial charge in [0, 0.05) is 17.6 Å². The molecule has 0 aromatic heterocycles. The third kappa shape index (κ3) is 4.41. The Kier molecular flexibility index (Phi) is 6.24. The molecule has 0 aliphatic carbocycles. The van der Waals surface area contributed by atoms with E-state index in [1.54, 1.807) is 12.1 Å². The van der Waals surface area contributed by atoms with Gasteiger partial charge in [0.2, 0.25) is 0 Å². The van der Waals surface area contributed by atoms with E-state index in [1.807, 2.05) is 0 Å². The Hall–Kier alpha value is -2.29. The van der Waals surface area contributed by atoms with Crippen molar-refractivity contribution < 1.29 is 28.6 Å². The topological polar surface area (TPSA) is 94.2 Å². The van der Waals surface area contributed by atoms with Gasteiger partial charge in [-0.05, 0) is 24.6 Å². The van der Waals surface area contributed by atoms with Gasteiger partial charge in [0.05, 0.1) is 20.6 Å². The number of nitrogens with zero attached hydrogens (tertiary/aromatic N) is 1. The molecular weight excluding hydrogens is 396 g/mol. The van der Waals surface area contributed by atoms with Crippen LogP contribution in [0.5, 0.6) is 11.5 Å². The molecule has 2 rings (SSSR count). The van der Waals surface area contributed by atoms with Crippen LogP contribution in [-0.4, -0.2) is 56.2 Å². The Morgan fingerprint density at radius 1 is 1.28 bits per heavy atom. The van der Waals surface area contributed by atoms with E-state index in [0.29, 0.717) is 28.1 Å². The summed E-state index contributed by atoms with van der Waals surface area (Å²) in [7, 11) is 3.01. The van der Waals surface area contributed by atoms with Crippen molar-refractivity contribution in [3.8, 4) is 11.5 Å². The van der Waals surface area contributed by atoms with E-state index < -0.39 is 24.0 Å². The Morgan fingerprint density at radius 3 is 2.48 bits per heavy atom. The van der Waals surface area contributed by atoms with Gasteiger partial charge in [-0.2, -0.15) is 0 Å². The van der Waals surface area contributed by atoms with Crippen LogP contribution in [0.15, 0.2) is 16.6 Å². The normalized spacial score (nSPS) is 14.7. The number of imide groups is 1. The van der Waals surface area contributed by atoms with Crippen molar-refractivity contribution in [1.29, 1.82) is 0 Å². The second-order valence-corrected chi connectivity index (χ2v) is 6.18. The number of esters is 1. The smallest absolute Gasteiger partial charge is 0.324 e. The number of carbonyl (C=O) groups excluding carboxylic acids is 3. The molecule has 9 heteroatoms. The van der Waals surface area contributed by atoms with Crippen LogP contribution in [0.1, 0.15) is 12.5 Å². The van der Waals surface area contributed by atoms with Gasteiger partial charge in [0.1, 0.15) is 0 Å². The van der Waals surface area contributed by atoms with Crippen molar-refractivity contribution in [3.63, 3.8) is 0 Å². The van der Waals surface area contributed by atoms with E-state index in [2.05, 4.69) is 21.2 Å². The Labute approximate surface area is 153 Å². The maximum absolute atomic E-state index is 12.1. The van der Waals surface area contributed by atoms with Crippen LogP contribution in [0, 0.1) is 0 Å². The van der Waals surface area contributed by atoms with E-state index in [4.69, 9.17) is 14.2 Å². The van der Waals surface area contributed by atoms with Crippen molar-refractivity contribution in [1.82, 2.24) is 10.2 Å². The maximum Gasteiger partial charge on any atom is 0.324 e. The molecule has 25 heavy (non-hydrogen) atoms. The summed E-state index contributed by atoms with van der Waals surface area (Å²) in [6.07, 6.45) is -1.11. The molecule has 0 spiro atoms. The zero-order valence-electron chi connectivity index (χ0n) is 14.1. The summed E-state index contributed by atoms with van der Waals surface area (Å²) in [6, 6.07) is 2.87. The highest BCUT2D eigenvalue weighted by molar-refractivity contribution is 9.10. The van der Waals surface area contributed by atoms with Gasteiger partial charge in [0.25, 0.3) is 5.91 Å². The molecule has 1 heterocycles. The van der Waals surface area contributed by atoms with E-state index in [-0.39, 0.29) is 13.0 Å². The molecule has 1 aromatic rings. The third-order valence-electron chi connectivity index (χ3n) is 3.67. The number of amides is 3. The minimum atomic E-state index is -1.05. The van der Waals surface area contributed by atoms with Crippen molar-refractivity contribution in [2.45, 2.75) is 19.4 Å². The number of benzene rings is 1. The molecule has 136 valence electrons. The van der Waals surface area contributed by atoms with Crippen molar-refractivity contribution in [2.75, 3.05) is 27.3 Å². The van der Waals surface area contributed by atoms with Gasteiger partial charge in [-0.15, -0.1) is 0 Å². The molecule has 1 aliphatic rings. The minimum absolute atomic E-state index is 0.0647. The van der Waals surface area contributed by atoms with E-state index >= 15 is 0 Å². The van der Waals surface area contributed by atoms with E-state index in [1.165, 1.54) is 21.1 Å². The van der Waals surface area contributed by atoms with Crippen LogP contribution in [-0.2, 0) is 20.7 Å². The molecule has 3 amide bonds. The highest BCUT2D eigenvalue weighted by Crippen LogP contribution is 2.33. The summed E-state index contributed by atoms with van der Waals surface area (Å²) >= 11 is 3.37. The lowest BCUT2D eigenvalue weighted by molar-refractivity contribution is -0.156. The second-order valence-electron chi connectivity index (χ2n) is 5.33. The molecule has 1 fully saturated rings. The van der Waals surface area contributed by atoms with Gasteiger partial charge < -0.3 is 19.5 Å². The first kappa shape index (κ1) is 19.0. The zero-order valence-corrected chi connectivity index (χ0v) is 15.7. The Balaban J connectivity index is 2.02. The van der Waals surface area contributed by atoms with Gasteiger partial charge in [-0.3, -0.25) is 14.5 Å². The molecule has 1 N–H and O–H groups in total. The second kappa shape index (κ2) is 8.19. The van der Waals surface area contributed by atoms with E-state index in [9.17, 15) is 14.4 Å². The van der Waals surface area contributed by atoms with Gasteiger partial charge in [0.15, 0.2) is 17.6 Å². The zero-order chi connectivity index (χ0) is 18.6. The Morgan fingerprint density at radius 2 is 1.92 bits per heavy atom. The number of urea groups is 1. The standard InChI is InChI=1S/C16H19BrN2O6/c1-9(15(21)19-5-4-18-16(19)22)25-14(20)7-10-6-12(23-2)13(24-3)8-11(10)17/h6,8-9H,4-5,7H2,1-3H3,(H,18,22)/t9-/m0/s1. The largest absolute Gasteiger partial charge is 0.493 e. The average Bonchev–Trinajstić information content (AvgIpc) is 3.01. The number of ether oxygens (including phenoxy) is 3. The molecule has 0 bridgehead atoms. The highest BCUT2D eigenvalue weighted by atomic mass is 79.9. The fourth-order valence-corrected chi connectivity index (χ4v) is 2.84. The SMILES string of the molecule is COc1cc(Br)c(CC(=O)O[C@@H](C)C(=O)N2CCNC2=O)cc1OC.